The molecule has 0 aliphatic heterocycles. The molecule has 0 saturated heterocycles. The number of fused-ring (bicyclic) bond motifs is 7. The molecule has 270 valence electrons. The number of nitrogens with zero attached hydrogens (tertiary/aromatic N) is 1. The first-order valence-corrected chi connectivity index (χ1v) is 20.6. The lowest BCUT2D eigenvalue weighted by Crippen LogP contribution is -2.17. The molecule has 0 radical (unpaired) electrons. The highest BCUT2D eigenvalue weighted by Gasteiger charge is 2.36. The highest BCUT2D eigenvalue weighted by Crippen LogP contribution is 2.53. The van der Waals surface area contributed by atoms with E-state index >= 15 is 0 Å². The minimum absolute atomic E-state index is 0.139. The van der Waals surface area contributed by atoms with E-state index in [0.29, 0.717) is 0 Å². The minimum atomic E-state index is -0.139. The number of benzene rings is 9. The fourth-order valence-corrected chi connectivity index (χ4v) is 10.5. The van der Waals surface area contributed by atoms with Crippen molar-refractivity contribution in [1.29, 1.82) is 0 Å². The zero-order valence-electron chi connectivity index (χ0n) is 31.9. The maximum atomic E-state index is 2.51. The van der Waals surface area contributed by atoms with Crippen LogP contribution in [0.2, 0.25) is 0 Å². The first-order chi connectivity index (χ1) is 28.0. The molecular weight excluding hydrogens is 707 g/mol. The van der Waals surface area contributed by atoms with Crippen LogP contribution in [0.25, 0.3) is 75.5 Å². The van der Waals surface area contributed by atoms with E-state index in [4.69, 9.17) is 0 Å². The fourth-order valence-electron chi connectivity index (χ4n) is 9.37. The monoisotopic (exact) mass is 745 g/mol. The molecule has 9 aromatic carbocycles. The van der Waals surface area contributed by atoms with Gasteiger partial charge in [0.25, 0.3) is 0 Å². The van der Waals surface area contributed by atoms with Gasteiger partial charge < -0.3 is 4.90 Å². The smallest absolute Gasteiger partial charge is 0.0546 e. The van der Waals surface area contributed by atoms with Gasteiger partial charge in [-0.15, -0.1) is 11.3 Å². The Morgan fingerprint density at radius 2 is 1.00 bits per heavy atom. The Labute approximate surface area is 337 Å². The summed E-state index contributed by atoms with van der Waals surface area (Å²) in [5.74, 6) is 0. The molecule has 57 heavy (non-hydrogen) atoms. The summed E-state index contributed by atoms with van der Waals surface area (Å²) in [6.07, 6.45) is 0. The molecule has 0 unspecified atom stereocenters. The van der Waals surface area contributed by atoms with Gasteiger partial charge in [0, 0.05) is 42.5 Å². The van der Waals surface area contributed by atoms with Crippen molar-refractivity contribution in [3.05, 3.63) is 211 Å². The average Bonchev–Trinajstić information content (AvgIpc) is 3.76. The molecule has 0 bridgehead atoms. The van der Waals surface area contributed by atoms with Gasteiger partial charge in [-0.1, -0.05) is 172 Å². The largest absolute Gasteiger partial charge is 0.310 e. The van der Waals surface area contributed by atoms with E-state index in [-0.39, 0.29) is 5.41 Å². The van der Waals surface area contributed by atoms with Crippen molar-refractivity contribution in [2.24, 2.45) is 0 Å². The molecule has 1 aromatic heterocycles. The maximum absolute atomic E-state index is 2.51. The van der Waals surface area contributed by atoms with E-state index in [1.807, 2.05) is 11.3 Å². The van der Waals surface area contributed by atoms with Gasteiger partial charge in [0.2, 0.25) is 0 Å². The number of thiophene rings is 1. The third-order valence-electron chi connectivity index (χ3n) is 12.1. The van der Waals surface area contributed by atoms with Gasteiger partial charge in [-0.2, -0.15) is 0 Å². The molecule has 1 aliphatic carbocycles. The van der Waals surface area contributed by atoms with Crippen molar-refractivity contribution in [3.8, 4) is 44.5 Å². The van der Waals surface area contributed by atoms with E-state index in [1.165, 1.54) is 86.6 Å². The third kappa shape index (κ3) is 5.36. The van der Waals surface area contributed by atoms with Crippen molar-refractivity contribution in [2.75, 3.05) is 4.90 Å². The lowest BCUT2D eigenvalue weighted by molar-refractivity contribution is 0.660. The second-order valence-electron chi connectivity index (χ2n) is 15.7. The number of rotatable bonds is 6. The molecule has 1 nitrogen and oxygen atoms in total. The molecule has 10 aromatic rings. The van der Waals surface area contributed by atoms with E-state index in [0.717, 1.165) is 17.1 Å². The topological polar surface area (TPSA) is 3.24 Å². The molecule has 1 heterocycles. The van der Waals surface area contributed by atoms with Gasteiger partial charge in [0.1, 0.15) is 0 Å². The van der Waals surface area contributed by atoms with Crippen LogP contribution in [0.1, 0.15) is 25.0 Å². The molecule has 0 amide bonds. The van der Waals surface area contributed by atoms with E-state index in [2.05, 4.69) is 219 Å². The molecule has 0 saturated carbocycles. The maximum Gasteiger partial charge on any atom is 0.0546 e. The van der Waals surface area contributed by atoms with E-state index in [1.54, 1.807) is 0 Å². The Morgan fingerprint density at radius 3 is 1.88 bits per heavy atom. The van der Waals surface area contributed by atoms with Crippen molar-refractivity contribution >= 4 is 59.3 Å². The lowest BCUT2D eigenvalue weighted by Gasteiger charge is -2.31. The van der Waals surface area contributed by atoms with Crippen molar-refractivity contribution in [1.82, 2.24) is 0 Å². The zero-order chi connectivity index (χ0) is 38.1. The molecular formula is C55H39NS. The van der Waals surface area contributed by atoms with Crippen LogP contribution < -0.4 is 4.90 Å². The molecule has 11 rings (SSSR count). The Kier molecular flexibility index (Phi) is 7.77. The van der Waals surface area contributed by atoms with Crippen molar-refractivity contribution < 1.29 is 0 Å². The first kappa shape index (κ1) is 33.6. The van der Waals surface area contributed by atoms with Crippen molar-refractivity contribution in [2.45, 2.75) is 19.3 Å². The van der Waals surface area contributed by atoms with Crippen LogP contribution in [0.15, 0.2) is 200 Å². The molecule has 0 fully saturated rings. The van der Waals surface area contributed by atoms with E-state index < -0.39 is 0 Å². The predicted octanol–water partition coefficient (Wildman–Crippen LogP) is 16.0. The summed E-state index contributed by atoms with van der Waals surface area (Å²) in [6, 6.07) is 74.0. The molecule has 0 spiro atoms. The van der Waals surface area contributed by atoms with Gasteiger partial charge >= 0.3 is 0 Å². The van der Waals surface area contributed by atoms with Gasteiger partial charge in [-0.3, -0.25) is 0 Å². The third-order valence-corrected chi connectivity index (χ3v) is 13.2. The summed E-state index contributed by atoms with van der Waals surface area (Å²) < 4.78 is 2.60. The Bertz CT molecular complexity index is 3150. The van der Waals surface area contributed by atoms with E-state index in [9.17, 15) is 0 Å². The van der Waals surface area contributed by atoms with Crippen LogP contribution in [-0.2, 0) is 5.41 Å². The minimum Gasteiger partial charge on any atom is -0.310 e. The zero-order valence-corrected chi connectivity index (χ0v) is 32.7. The summed E-state index contributed by atoms with van der Waals surface area (Å²) in [5.41, 5.74) is 15.9. The van der Waals surface area contributed by atoms with Crippen LogP contribution >= 0.6 is 11.3 Å². The summed E-state index contributed by atoms with van der Waals surface area (Å²) in [4.78, 5) is 2.51. The second-order valence-corrected chi connectivity index (χ2v) is 16.7. The average molecular weight is 746 g/mol. The molecule has 1 aliphatic rings. The van der Waals surface area contributed by atoms with Gasteiger partial charge in [-0.05, 0) is 103 Å². The molecule has 2 heteroatoms. The summed E-state index contributed by atoms with van der Waals surface area (Å²) >= 11 is 1.87. The first-order valence-electron chi connectivity index (χ1n) is 19.8. The summed E-state index contributed by atoms with van der Waals surface area (Å²) in [7, 11) is 0. The number of hydrogen-bond donors (Lipinski definition) is 0. The van der Waals surface area contributed by atoms with Crippen molar-refractivity contribution in [3.63, 3.8) is 0 Å². The normalized spacial score (nSPS) is 12.9. The van der Waals surface area contributed by atoms with Crippen LogP contribution in [0.5, 0.6) is 0 Å². The molecule has 0 N–H and O–H groups in total. The standard InChI is InChI=1S/C55H39NS/c1-55(2)48-25-10-8-20-43(48)44-34-33-40(35-49(44)55)56(39-31-29-37(30-32-39)36-15-4-3-5-16-36)50-26-13-23-45(42-22-12-18-38-17-6-7-19-41(38)42)53(50)47-24-14-28-52-54(47)46-21-9-11-27-51(46)57-52/h3-35H,1-2H3. The highest BCUT2D eigenvalue weighted by molar-refractivity contribution is 7.25. The van der Waals surface area contributed by atoms with Crippen LogP contribution in [0.4, 0.5) is 17.1 Å². The van der Waals surface area contributed by atoms with Crippen LogP contribution in [0, 0.1) is 0 Å². The SMILES string of the molecule is CC1(C)c2ccccc2-c2ccc(N(c3ccc(-c4ccccc4)cc3)c3cccc(-c4cccc5ccccc45)c3-c3cccc4sc5ccccc5c34)cc21. The fraction of sp³-hybridized carbons (Fsp3) is 0.0545. The second kappa shape index (κ2) is 13.2. The predicted molar refractivity (Wildman–Crippen MR) is 245 cm³/mol. The van der Waals surface area contributed by atoms with Gasteiger partial charge in [-0.25, -0.2) is 0 Å². The lowest BCUT2D eigenvalue weighted by atomic mass is 9.82. The Hall–Kier alpha value is -6.74. The van der Waals surface area contributed by atoms with Crippen LogP contribution in [0.3, 0.4) is 0 Å². The quantitative estimate of drug-likeness (QED) is 0.164. The van der Waals surface area contributed by atoms with Gasteiger partial charge in [0.05, 0.1) is 5.69 Å². The van der Waals surface area contributed by atoms with Gasteiger partial charge in [0.15, 0.2) is 0 Å². The van der Waals surface area contributed by atoms with Crippen LogP contribution in [-0.4, -0.2) is 0 Å². The summed E-state index contributed by atoms with van der Waals surface area (Å²) in [5, 5.41) is 5.08. The Morgan fingerprint density at radius 1 is 0.404 bits per heavy atom. The number of anilines is 3. The molecule has 0 atom stereocenters. The highest BCUT2D eigenvalue weighted by atomic mass is 32.1. The number of hydrogen-bond acceptors (Lipinski definition) is 2. The summed E-state index contributed by atoms with van der Waals surface area (Å²) in [6.45, 7) is 4.74. The Balaban J connectivity index is 1.23.